The largest absolute Gasteiger partial charge is 0.401 e. The molecule has 0 fully saturated rings. The van der Waals surface area contributed by atoms with Gasteiger partial charge in [0.1, 0.15) is 0 Å². The van der Waals surface area contributed by atoms with Crippen molar-refractivity contribution in [3.63, 3.8) is 0 Å². The Balaban J connectivity index is 2.15. The molecule has 164 valence electrons. The Bertz CT molecular complexity index is 956. The van der Waals surface area contributed by atoms with E-state index < -0.39 is 8.32 Å². The molecule has 0 saturated heterocycles. The molecule has 0 spiro atoms. The molecule has 0 N–H and O–H groups in total. The minimum absolute atomic E-state index is 0.0310. The molecule has 0 unspecified atom stereocenters. The van der Waals surface area contributed by atoms with E-state index in [1.807, 2.05) is 0 Å². The SMILES string of the molecule is CC(=Cc1csc(C)n1)[C@H](CCI)O[Si](c1ccccc1)(c1ccccc1)C(C)(C)C. The Morgan fingerprint density at radius 3 is 2.03 bits per heavy atom. The predicted octanol–water partition coefficient (Wildman–Crippen LogP) is 6.63. The van der Waals surface area contributed by atoms with Crippen molar-refractivity contribution >= 4 is 58.7 Å². The Morgan fingerprint density at radius 2 is 1.61 bits per heavy atom. The summed E-state index contributed by atoms with van der Waals surface area (Å²) in [5, 5.41) is 5.84. The third-order valence-corrected chi connectivity index (χ3v) is 12.1. The van der Waals surface area contributed by atoms with E-state index >= 15 is 0 Å². The van der Waals surface area contributed by atoms with Crippen molar-refractivity contribution in [1.29, 1.82) is 0 Å². The molecule has 1 atom stereocenters. The Morgan fingerprint density at radius 1 is 1.06 bits per heavy atom. The fourth-order valence-corrected chi connectivity index (χ4v) is 10.0. The molecule has 0 radical (unpaired) electrons. The van der Waals surface area contributed by atoms with Gasteiger partial charge < -0.3 is 4.43 Å². The Kier molecular flexibility index (Phi) is 8.29. The van der Waals surface area contributed by atoms with Gasteiger partial charge in [0.05, 0.1) is 16.8 Å². The van der Waals surface area contributed by atoms with E-state index in [9.17, 15) is 0 Å². The fraction of sp³-hybridized carbons (Fsp3) is 0.346. The van der Waals surface area contributed by atoms with Crippen molar-refractivity contribution < 1.29 is 4.43 Å². The first kappa shape index (κ1) is 24.4. The van der Waals surface area contributed by atoms with Crippen LogP contribution in [0.3, 0.4) is 0 Å². The molecule has 2 aromatic carbocycles. The van der Waals surface area contributed by atoms with Gasteiger partial charge in [-0.25, -0.2) is 4.98 Å². The number of nitrogens with zero attached hydrogens (tertiary/aromatic N) is 1. The number of hydrogen-bond donors (Lipinski definition) is 0. The van der Waals surface area contributed by atoms with Crippen LogP contribution in [0.5, 0.6) is 0 Å². The minimum Gasteiger partial charge on any atom is -0.401 e. The molecule has 0 bridgehead atoms. The van der Waals surface area contributed by atoms with E-state index in [1.54, 1.807) is 11.3 Å². The number of thiazole rings is 1. The van der Waals surface area contributed by atoms with Crippen LogP contribution >= 0.6 is 33.9 Å². The van der Waals surface area contributed by atoms with Gasteiger partial charge in [0.2, 0.25) is 0 Å². The summed E-state index contributed by atoms with van der Waals surface area (Å²) in [6.45, 7) is 11.3. The maximum Gasteiger partial charge on any atom is 0.261 e. The van der Waals surface area contributed by atoms with E-state index in [0.29, 0.717) is 0 Å². The fourth-order valence-electron chi connectivity index (χ4n) is 4.16. The molecule has 0 aliphatic rings. The summed E-state index contributed by atoms with van der Waals surface area (Å²) in [5.41, 5.74) is 2.28. The third kappa shape index (κ3) is 5.56. The van der Waals surface area contributed by atoms with Crippen molar-refractivity contribution in [3.8, 4) is 0 Å². The van der Waals surface area contributed by atoms with Gasteiger partial charge >= 0.3 is 0 Å². The highest BCUT2D eigenvalue weighted by molar-refractivity contribution is 14.1. The zero-order chi connectivity index (χ0) is 22.5. The monoisotopic (exact) mass is 561 g/mol. The van der Waals surface area contributed by atoms with Crippen LogP contribution in [0.4, 0.5) is 0 Å². The molecule has 31 heavy (non-hydrogen) atoms. The van der Waals surface area contributed by atoms with Gasteiger partial charge in [-0.3, -0.25) is 0 Å². The molecule has 0 aliphatic heterocycles. The summed E-state index contributed by atoms with van der Waals surface area (Å²) in [6, 6.07) is 21.8. The van der Waals surface area contributed by atoms with Crippen LogP contribution in [-0.2, 0) is 4.43 Å². The summed E-state index contributed by atoms with van der Waals surface area (Å²) in [4.78, 5) is 4.65. The Labute approximate surface area is 206 Å². The van der Waals surface area contributed by atoms with E-state index in [4.69, 9.17) is 4.43 Å². The average molecular weight is 562 g/mol. The molecule has 0 amide bonds. The number of rotatable bonds is 8. The first-order chi connectivity index (χ1) is 14.8. The van der Waals surface area contributed by atoms with Gasteiger partial charge in [-0.1, -0.05) is 104 Å². The second-order valence-corrected chi connectivity index (χ2v) is 15.3. The van der Waals surface area contributed by atoms with Crippen molar-refractivity contribution in [2.45, 2.75) is 52.2 Å². The lowest BCUT2D eigenvalue weighted by Gasteiger charge is -2.45. The maximum atomic E-state index is 7.40. The van der Waals surface area contributed by atoms with E-state index in [2.05, 4.69) is 134 Å². The van der Waals surface area contributed by atoms with Crippen LogP contribution in [0.2, 0.25) is 5.04 Å². The number of aromatic nitrogens is 1. The summed E-state index contributed by atoms with van der Waals surface area (Å²) >= 11 is 4.16. The van der Waals surface area contributed by atoms with Crippen LogP contribution < -0.4 is 10.4 Å². The van der Waals surface area contributed by atoms with Gasteiger partial charge in [0.25, 0.3) is 8.32 Å². The molecule has 0 saturated carbocycles. The molecule has 2 nitrogen and oxygen atoms in total. The molecule has 1 aromatic heterocycles. The van der Waals surface area contributed by atoms with Crippen LogP contribution in [0.1, 0.15) is 44.8 Å². The van der Waals surface area contributed by atoms with Crippen molar-refractivity contribution in [3.05, 3.63) is 82.3 Å². The summed E-state index contributed by atoms with van der Waals surface area (Å²) in [6.07, 6.45) is 3.24. The molecular formula is C26H32INOSSi. The average Bonchev–Trinajstić information content (AvgIpc) is 3.16. The van der Waals surface area contributed by atoms with E-state index in [1.165, 1.54) is 15.9 Å². The van der Waals surface area contributed by atoms with Gasteiger partial charge in [0, 0.05) is 9.81 Å². The van der Waals surface area contributed by atoms with Crippen LogP contribution in [-0.4, -0.2) is 23.8 Å². The Hall–Kier alpha value is -1.28. The highest BCUT2D eigenvalue weighted by Gasteiger charge is 2.51. The van der Waals surface area contributed by atoms with Gasteiger partial charge in [0.15, 0.2) is 0 Å². The number of hydrogen-bond acceptors (Lipinski definition) is 3. The molecule has 1 heterocycles. The predicted molar refractivity (Wildman–Crippen MR) is 146 cm³/mol. The zero-order valence-corrected chi connectivity index (χ0v) is 23.0. The first-order valence-corrected chi connectivity index (χ1v) is 15.0. The lowest BCUT2D eigenvalue weighted by molar-refractivity contribution is 0.220. The van der Waals surface area contributed by atoms with E-state index in [0.717, 1.165) is 21.5 Å². The second kappa shape index (κ2) is 10.6. The lowest BCUT2D eigenvalue weighted by atomic mass is 10.1. The number of halogens is 1. The minimum atomic E-state index is -2.59. The summed E-state index contributed by atoms with van der Waals surface area (Å²) in [5.74, 6) is 0. The number of alkyl halides is 1. The van der Waals surface area contributed by atoms with Gasteiger partial charge in [-0.2, -0.15) is 0 Å². The normalized spacial score (nSPS) is 13.9. The van der Waals surface area contributed by atoms with Gasteiger partial charge in [-0.05, 0) is 47.3 Å². The van der Waals surface area contributed by atoms with Gasteiger partial charge in [-0.15, -0.1) is 11.3 Å². The summed E-state index contributed by atoms with van der Waals surface area (Å²) < 4.78 is 8.44. The molecule has 0 aliphatic carbocycles. The third-order valence-electron chi connectivity index (χ3n) is 5.63. The maximum absolute atomic E-state index is 7.40. The smallest absolute Gasteiger partial charge is 0.261 e. The molecule has 5 heteroatoms. The summed E-state index contributed by atoms with van der Waals surface area (Å²) in [7, 11) is -2.59. The van der Waals surface area contributed by atoms with Crippen LogP contribution in [0.25, 0.3) is 6.08 Å². The second-order valence-electron chi connectivity index (χ2n) is 8.93. The van der Waals surface area contributed by atoms with E-state index in [-0.39, 0.29) is 11.1 Å². The standard InChI is InChI=1S/C26H32INOSSi/c1-20(18-22-19-30-21(2)28-22)25(16-17-27)29-31(26(3,4)5,23-12-8-6-9-13-23)24-14-10-7-11-15-24/h6-15,18-19,25H,16-17H2,1-5H3/t25-/m0/s1. The molecular weight excluding hydrogens is 529 g/mol. The number of aryl methyl sites for hydroxylation is 1. The van der Waals surface area contributed by atoms with Crippen LogP contribution in [0, 0.1) is 6.92 Å². The van der Waals surface area contributed by atoms with Crippen molar-refractivity contribution in [1.82, 2.24) is 4.98 Å². The highest BCUT2D eigenvalue weighted by atomic mass is 127. The highest BCUT2D eigenvalue weighted by Crippen LogP contribution is 2.39. The zero-order valence-electron chi connectivity index (χ0n) is 19.1. The lowest BCUT2D eigenvalue weighted by Crippen LogP contribution is -2.67. The quantitative estimate of drug-likeness (QED) is 0.175. The first-order valence-electron chi connectivity index (χ1n) is 10.7. The van der Waals surface area contributed by atoms with Crippen molar-refractivity contribution in [2.75, 3.05) is 4.43 Å². The van der Waals surface area contributed by atoms with Crippen molar-refractivity contribution in [2.24, 2.45) is 0 Å². The van der Waals surface area contributed by atoms with Crippen LogP contribution in [0.15, 0.2) is 71.6 Å². The molecule has 3 rings (SSSR count). The number of benzene rings is 2. The molecule has 3 aromatic rings. The topological polar surface area (TPSA) is 22.1 Å².